The Morgan fingerprint density at radius 3 is 1.91 bits per heavy atom. The van der Waals surface area contributed by atoms with Gasteiger partial charge in [-0.2, -0.15) is 0 Å². The highest BCUT2D eigenvalue weighted by molar-refractivity contribution is 6.07. The maximum absolute atomic E-state index is 12.8. The molecule has 3 rings (SSSR count). The van der Waals surface area contributed by atoms with Crippen LogP contribution in [0.3, 0.4) is 0 Å². The molecule has 110 valence electrons. The van der Waals surface area contributed by atoms with Gasteiger partial charge in [0.25, 0.3) is 0 Å². The average Bonchev–Trinajstić information content (AvgIpc) is 2.86. The van der Waals surface area contributed by atoms with Crippen molar-refractivity contribution in [1.29, 1.82) is 0 Å². The van der Waals surface area contributed by atoms with Crippen molar-refractivity contribution in [2.45, 2.75) is 19.4 Å². The van der Waals surface area contributed by atoms with Crippen LogP contribution >= 0.6 is 0 Å². The van der Waals surface area contributed by atoms with E-state index < -0.39 is 5.54 Å². The summed E-state index contributed by atoms with van der Waals surface area (Å²) in [4.78, 5) is 17.4. The van der Waals surface area contributed by atoms with E-state index >= 15 is 0 Å². The number of rotatable bonds is 3. The van der Waals surface area contributed by atoms with E-state index in [2.05, 4.69) is 11.6 Å². The Bertz CT molecular complexity index is 744. The number of aliphatic imine (C=N–C) groups is 1. The number of ether oxygens (including phenoxy) is 1. The lowest BCUT2D eigenvalue weighted by Crippen LogP contribution is -2.34. The lowest BCUT2D eigenvalue weighted by molar-refractivity contribution is -0.137. The molecule has 0 aromatic heterocycles. The minimum atomic E-state index is -1.15. The number of cyclic esters (lactones) is 1. The van der Waals surface area contributed by atoms with Crippen LogP contribution in [0.5, 0.6) is 0 Å². The van der Waals surface area contributed by atoms with Crippen LogP contribution in [0.25, 0.3) is 0 Å². The molecule has 0 aliphatic carbocycles. The molecule has 0 N–H and O–H groups in total. The predicted octanol–water partition coefficient (Wildman–Crippen LogP) is 3.69. The SMILES string of the molecule is C=CC1=NC(c2ccccc2C)(c2ccccc2C)C(=O)O1. The second-order valence-electron chi connectivity index (χ2n) is 5.38. The summed E-state index contributed by atoms with van der Waals surface area (Å²) in [5.41, 5.74) is 2.52. The Balaban J connectivity index is 2.37. The number of benzene rings is 2. The number of carbonyl (C=O) groups excluding carboxylic acids is 1. The first-order valence-corrected chi connectivity index (χ1v) is 7.16. The third-order valence-corrected chi connectivity index (χ3v) is 4.01. The van der Waals surface area contributed by atoms with Gasteiger partial charge in [0, 0.05) is 0 Å². The van der Waals surface area contributed by atoms with E-state index in [9.17, 15) is 4.79 Å². The third kappa shape index (κ3) is 1.98. The summed E-state index contributed by atoms with van der Waals surface area (Å²) in [6, 6.07) is 15.5. The second-order valence-corrected chi connectivity index (χ2v) is 5.38. The molecule has 3 heteroatoms. The van der Waals surface area contributed by atoms with Crippen molar-refractivity contribution in [3.05, 3.63) is 83.4 Å². The molecule has 0 amide bonds. The minimum Gasteiger partial charge on any atom is -0.405 e. The molecule has 3 nitrogen and oxygen atoms in total. The molecule has 0 fully saturated rings. The molecule has 0 spiro atoms. The summed E-state index contributed by atoms with van der Waals surface area (Å²) in [5.74, 6) is -0.123. The Kier molecular flexibility index (Phi) is 3.41. The van der Waals surface area contributed by atoms with Crippen molar-refractivity contribution < 1.29 is 9.53 Å². The first-order chi connectivity index (χ1) is 10.6. The monoisotopic (exact) mass is 291 g/mol. The summed E-state index contributed by atoms with van der Waals surface area (Å²) in [7, 11) is 0. The highest BCUT2D eigenvalue weighted by Crippen LogP contribution is 2.41. The second kappa shape index (κ2) is 5.26. The molecule has 0 unspecified atom stereocenters. The van der Waals surface area contributed by atoms with Crippen molar-refractivity contribution in [2.75, 3.05) is 0 Å². The zero-order valence-electron chi connectivity index (χ0n) is 12.7. The van der Waals surface area contributed by atoms with Gasteiger partial charge in [-0.05, 0) is 42.2 Å². The molecule has 0 radical (unpaired) electrons. The highest BCUT2D eigenvalue weighted by atomic mass is 16.6. The van der Waals surface area contributed by atoms with E-state index in [0.29, 0.717) is 0 Å². The van der Waals surface area contributed by atoms with E-state index in [1.165, 1.54) is 6.08 Å². The molecule has 0 saturated heterocycles. The smallest absolute Gasteiger partial charge is 0.350 e. The molecule has 1 heterocycles. The molecule has 0 saturated carbocycles. The van der Waals surface area contributed by atoms with Crippen molar-refractivity contribution in [3.8, 4) is 0 Å². The number of nitrogens with zero attached hydrogens (tertiary/aromatic N) is 1. The van der Waals surface area contributed by atoms with Crippen LogP contribution in [0.4, 0.5) is 0 Å². The largest absolute Gasteiger partial charge is 0.405 e. The van der Waals surface area contributed by atoms with Crippen molar-refractivity contribution in [3.63, 3.8) is 0 Å². The minimum absolute atomic E-state index is 0.261. The van der Waals surface area contributed by atoms with Gasteiger partial charge in [-0.3, -0.25) is 0 Å². The predicted molar refractivity (Wildman–Crippen MR) is 86.9 cm³/mol. The van der Waals surface area contributed by atoms with Gasteiger partial charge in [-0.1, -0.05) is 55.1 Å². The molecule has 0 atom stereocenters. The quantitative estimate of drug-likeness (QED) is 0.809. The molecule has 2 aromatic carbocycles. The Morgan fingerprint density at radius 2 is 1.50 bits per heavy atom. The molecule has 1 aliphatic rings. The van der Waals surface area contributed by atoms with Gasteiger partial charge in [0.2, 0.25) is 11.4 Å². The summed E-state index contributed by atoms with van der Waals surface area (Å²) >= 11 is 0. The number of aryl methyl sites for hydroxylation is 2. The zero-order chi connectivity index (χ0) is 15.7. The summed E-state index contributed by atoms with van der Waals surface area (Å²) in [5, 5.41) is 0. The fraction of sp³-hybridized carbons (Fsp3) is 0.158. The summed E-state index contributed by atoms with van der Waals surface area (Å²) < 4.78 is 5.34. The molecular weight excluding hydrogens is 274 g/mol. The van der Waals surface area contributed by atoms with Crippen molar-refractivity contribution in [1.82, 2.24) is 0 Å². The fourth-order valence-electron chi connectivity index (χ4n) is 2.93. The van der Waals surface area contributed by atoms with Crippen LogP contribution in [0, 0.1) is 13.8 Å². The van der Waals surface area contributed by atoms with Crippen LogP contribution in [0.15, 0.2) is 66.2 Å². The Labute approximate surface area is 130 Å². The molecule has 1 aliphatic heterocycles. The van der Waals surface area contributed by atoms with E-state index in [4.69, 9.17) is 4.74 Å². The van der Waals surface area contributed by atoms with Crippen molar-refractivity contribution in [2.24, 2.45) is 4.99 Å². The standard InChI is InChI=1S/C19H17NO2/c1-4-17-20-19(18(21)22-17,15-11-7-5-9-13(15)2)16-12-8-6-10-14(16)3/h4-12H,1H2,2-3H3. The summed E-state index contributed by atoms with van der Waals surface area (Å²) in [6.45, 7) is 7.62. The maximum Gasteiger partial charge on any atom is 0.350 e. The van der Waals surface area contributed by atoms with Gasteiger partial charge in [0.15, 0.2) is 0 Å². The van der Waals surface area contributed by atoms with Crippen LogP contribution in [0.2, 0.25) is 0 Å². The van der Waals surface area contributed by atoms with Gasteiger partial charge in [-0.25, -0.2) is 9.79 Å². The van der Waals surface area contributed by atoms with Crippen molar-refractivity contribution >= 4 is 11.9 Å². The van der Waals surface area contributed by atoms with Crippen LogP contribution in [-0.2, 0) is 15.1 Å². The normalized spacial score (nSPS) is 16.1. The topological polar surface area (TPSA) is 38.7 Å². The van der Waals surface area contributed by atoms with Gasteiger partial charge in [-0.15, -0.1) is 0 Å². The Hall–Kier alpha value is -2.68. The lowest BCUT2D eigenvalue weighted by Gasteiger charge is -2.26. The third-order valence-electron chi connectivity index (χ3n) is 4.01. The maximum atomic E-state index is 12.8. The van der Waals surface area contributed by atoms with E-state index in [-0.39, 0.29) is 11.9 Å². The highest BCUT2D eigenvalue weighted by Gasteiger charge is 2.50. The lowest BCUT2D eigenvalue weighted by atomic mass is 9.79. The van der Waals surface area contributed by atoms with Crippen LogP contribution in [0.1, 0.15) is 22.3 Å². The van der Waals surface area contributed by atoms with E-state index in [0.717, 1.165) is 22.3 Å². The number of carbonyl (C=O) groups is 1. The number of hydrogen-bond donors (Lipinski definition) is 0. The van der Waals surface area contributed by atoms with Gasteiger partial charge < -0.3 is 4.74 Å². The molecule has 2 aromatic rings. The van der Waals surface area contributed by atoms with Crippen LogP contribution < -0.4 is 0 Å². The number of esters is 1. The first-order valence-electron chi connectivity index (χ1n) is 7.16. The number of hydrogen-bond acceptors (Lipinski definition) is 3. The first kappa shape index (κ1) is 14.3. The molecule has 22 heavy (non-hydrogen) atoms. The van der Waals surface area contributed by atoms with Crippen LogP contribution in [-0.4, -0.2) is 11.9 Å². The molecule has 0 bridgehead atoms. The van der Waals surface area contributed by atoms with E-state index in [1.54, 1.807) is 0 Å². The zero-order valence-corrected chi connectivity index (χ0v) is 12.7. The van der Waals surface area contributed by atoms with Gasteiger partial charge >= 0.3 is 5.97 Å². The fourth-order valence-corrected chi connectivity index (χ4v) is 2.93. The Morgan fingerprint density at radius 1 is 1.00 bits per heavy atom. The summed E-state index contributed by atoms with van der Waals surface area (Å²) in [6.07, 6.45) is 1.47. The van der Waals surface area contributed by atoms with Gasteiger partial charge in [0.1, 0.15) is 0 Å². The van der Waals surface area contributed by atoms with Gasteiger partial charge in [0.05, 0.1) is 0 Å². The van der Waals surface area contributed by atoms with E-state index in [1.807, 2.05) is 62.4 Å². The average molecular weight is 291 g/mol. The molecular formula is C19H17NO2.